The number of amides is 1. The molecule has 0 saturated carbocycles. The lowest BCUT2D eigenvalue weighted by atomic mass is 9.92. The first-order chi connectivity index (χ1) is 18.3. The summed E-state index contributed by atoms with van der Waals surface area (Å²) in [6.07, 6.45) is 3.60. The molecule has 0 aliphatic carbocycles. The average molecular weight is 526 g/mol. The van der Waals surface area contributed by atoms with Crippen LogP contribution in [0.5, 0.6) is 0 Å². The number of hydrogen-bond donors (Lipinski definition) is 4. The number of carbonyl (C=O) groups is 3. The number of hydrogen-bond acceptors (Lipinski definition) is 10. The van der Waals surface area contributed by atoms with Gasteiger partial charge >= 0.3 is 12.1 Å². The molecule has 2 aromatic heterocycles. The smallest absolute Gasteiger partial charge is 0.407 e. The Kier molecular flexibility index (Phi) is 8.93. The molecule has 0 radical (unpaired) electrons. The maximum Gasteiger partial charge on any atom is 0.407 e. The van der Waals surface area contributed by atoms with Crippen LogP contribution in [0.4, 0.5) is 22.2 Å². The number of aryl methyl sites for hydroxylation is 2. The van der Waals surface area contributed by atoms with Crippen molar-refractivity contribution in [1.29, 1.82) is 0 Å². The van der Waals surface area contributed by atoms with Gasteiger partial charge in [0.15, 0.2) is 0 Å². The van der Waals surface area contributed by atoms with E-state index in [-0.39, 0.29) is 19.6 Å². The predicted octanol–water partition coefficient (Wildman–Crippen LogP) is 2.41. The molecule has 1 saturated heterocycles. The van der Waals surface area contributed by atoms with Gasteiger partial charge in [-0.05, 0) is 51.2 Å². The van der Waals surface area contributed by atoms with Crippen molar-refractivity contribution in [3.05, 3.63) is 34.8 Å². The minimum Gasteiger partial charge on any atom is -0.481 e. The number of carbonyl (C=O) groups excluding carboxylic acids is 2. The standard InChI is InChI=1S/C26H35N7O5/c1-16-23(28-14-20(15-34)31-26(37)38-13-9-22(35)36)29-17(2)30-25(16)33-11-7-18(8-12-33)21-6-5-19-4-3-10-27-24(19)32-21/h5-6,15,18,20H,3-4,7-14H2,1-2H3,(H,27,32)(H,31,37)(H,35,36)(H,28,29,30). The molecule has 1 fully saturated rings. The van der Waals surface area contributed by atoms with Crippen LogP contribution in [0.25, 0.3) is 0 Å². The Balaban J connectivity index is 1.35. The minimum atomic E-state index is -1.08. The number of alkyl carbamates (subject to hydrolysis) is 1. The summed E-state index contributed by atoms with van der Waals surface area (Å²) in [5, 5.41) is 17.6. The number of carboxylic acid groups (broad SMARTS) is 1. The molecule has 12 heteroatoms. The maximum atomic E-state index is 11.8. The second kappa shape index (κ2) is 12.5. The number of ether oxygens (including phenoxy) is 1. The van der Waals surface area contributed by atoms with E-state index in [9.17, 15) is 14.4 Å². The molecular formula is C26H35N7O5. The van der Waals surface area contributed by atoms with Crippen LogP contribution < -0.4 is 20.9 Å². The van der Waals surface area contributed by atoms with Crippen LogP contribution in [0.15, 0.2) is 12.1 Å². The lowest BCUT2D eigenvalue weighted by Gasteiger charge is -2.34. The number of aromatic nitrogens is 3. The molecule has 0 aromatic carbocycles. The van der Waals surface area contributed by atoms with Crippen molar-refractivity contribution in [3.63, 3.8) is 0 Å². The SMILES string of the molecule is Cc1nc(NCC(C=O)NC(=O)OCCC(=O)O)c(C)c(N2CCC(c3ccc4c(n3)NCCC4)CC2)n1. The van der Waals surface area contributed by atoms with Crippen LogP contribution in [0.2, 0.25) is 0 Å². The molecule has 0 spiro atoms. The fraction of sp³-hybridized carbons (Fsp3) is 0.538. The lowest BCUT2D eigenvalue weighted by Crippen LogP contribution is -2.41. The summed E-state index contributed by atoms with van der Waals surface area (Å²) in [5.41, 5.74) is 3.30. The number of fused-ring (bicyclic) bond motifs is 1. The summed E-state index contributed by atoms with van der Waals surface area (Å²) >= 11 is 0. The van der Waals surface area contributed by atoms with Gasteiger partial charge in [0.2, 0.25) is 0 Å². The molecular weight excluding hydrogens is 490 g/mol. The molecule has 2 aliphatic rings. The van der Waals surface area contributed by atoms with E-state index in [1.807, 2.05) is 13.8 Å². The van der Waals surface area contributed by atoms with E-state index in [2.05, 4.69) is 38.0 Å². The molecule has 4 N–H and O–H groups in total. The van der Waals surface area contributed by atoms with E-state index < -0.39 is 18.1 Å². The normalized spacial score (nSPS) is 16.1. The van der Waals surface area contributed by atoms with Crippen LogP contribution in [-0.2, 0) is 20.7 Å². The zero-order valence-electron chi connectivity index (χ0n) is 21.8. The van der Waals surface area contributed by atoms with E-state index in [0.717, 1.165) is 68.2 Å². The van der Waals surface area contributed by atoms with E-state index in [0.29, 0.717) is 23.8 Å². The van der Waals surface area contributed by atoms with Crippen LogP contribution in [0.1, 0.15) is 54.2 Å². The van der Waals surface area contributed by atoms with E-state index in [4.69, 9.17) is 19.8 Å². The zero-order valence-corrected chi connectivity index (χ0v) is 21.8. The molecule has 1 amide bonds. The fourth-order valence-corrected chi connectivity index (χ4v) is 4.82. The van der Waals surface area contributed by atoms with E-state index >= 15 is 0 Å². The highest BCUT2D eigenvalue weighted by Crippen LogP contribution is 2.33. The van der Waals surface area contributed by atoms with Crippen molar-refractivity contribution in [2.24, 2.45) is 0 Å². The van der Waals surface area contributed by atoms with E-state index in [1.54, 1.807) is 0 Å². The highest BCUT2D eigenvalue weighted by atomic mass is 16.5. The first kappa shape index (κ1) is 27.1. The van der Waals surface area contributed by atoms with Gasteiger partial charge in [-0.3, -0.25) is 4.79 Å². The number of carboxylic acids is 1. The largest absolute Gasteiger partial charge is 0.481 e. The Hall–Kier alpha value is -3.96. The highest BCUT2D eigenvalue weighted by molar-refractivity contribution is 5.74. The monoisotopic (exact) mass is 525 g/mol. The number of aldehydes is 1. The van der Waals surface area contributed by atoms with Gasteiger partial charge in [0, 0.05) is 43.4 Å². The van der Waals surface area contributed by atoms with Crippen molar-refractivity contribution in [3.8, 4) is 0 Å². The van der Waals surface area contributed by atoms with Crippen LogP contribution in [0, 0.1) is 13.8 Å². The molecule has 2 aliphatic heterocycles. The topological polar surface area (TPSA) is 159 Å². The molecule has 204 valence electrons. The van der Waals surface area contributed by atoms with E-state index in [1.165, 1.54) is 5.56 Å². The van der Waals surface area contributed by atoms with Crippen LogP contribution >= 0.6 is 0 Å². The number of nitrogens with zero attached hydrogens (tertiary/aromatic N) is 4. The van der Waals surface area contributed by atoms with Gasteiger partial charge in [-0.25, -0.2) is 19.7 Å². The highest BCUT2D eigenvalue weighted by Gasteiger charge is 2.26. The summed E-state index contributed by atoms with van der Waals surface area (Å²) in [6, 6.07) is 3.51. The lowest BCUT2D eigenvalue weighted by molar-refractivity contribution is -0.137. The summed E-state index contributed by atoms with van der Waals surface area (Å²) < 4.78 is 4.79. The first-order valence-electron chi connectivity index (χ1n) is 13.0. The van der Waals surface area contributed by atoms with Crippen molar-refractivity contribution in [1.82, 2.24) is 20.3 Å². The quantitative estimate of drug-likeness (QED) is 0.337. The predicted molar refractivity (Wildman–Crippen MR) is 142 cm³/mol. The Morgan fingerprint density at radius 1 is 1.24 bits per heavy atom. The summed E-state index contributed by atoms with van der Waals surface area (Å²) in [5.74, 6) is 2.39. The molecule has 1 atom stereocenters. The van der Waals surface area contributed by atoms with Gasteiger partial charge in [0.05, 0.1) is 6.42 Å². The Morgan fingerprint density at radius 2 is 2.03 bits per heavy atom. The maximum absolute atomic E-state index is 11.8. The summed E-state index contributed by atoms with van der Waals surface area (Å²) in [4.78, 5) is 50.2. The second-order valence-corrected chi connectivity index (χ2v) is 9.65. The third-order valence-electron chi connectivity index (χ3n) is 6.87. The third-order valence-corrected chi connectivity index (χ3v) is 6.87. The molecule has 4 rings (SSSR count). The van der Waals surface area contributed by atoms with Crippen LogP contribution in [0.3, 0.4) is 0 Å². The molecule has 0 bridgehead atoms. The Bertz CT molecular complexity index is 1170. The number of pyridine rings is 1. The third kappa shape index (κ3) is 6.87. The van der Waals surface area contributed by atoms with Crippen molar-refractivity contribution < 1.29 is 24.2 Å². The summed E-state index contributed by atoms with van der Waals surface area (Å²) in [6.45, 7) is 6.23. The van der Waals surface area contributed by atoms with Crippen LogP contribution in [-0.4, -0.2) is 77.2 Å². The fourth-order valence-electron chi connectivity index (χ4n) is 4.82. The second-order valence-electron chi connectivity index (χ2n) is 9.65. The van der Waals surface area contributed by atoms with Gasteiger partial charge in [0.25, 0.3) is 0 Å². The van der Waals surface area contributed by atoms with Crippen molar-refractivity contribution in [2.45, 2.75) is 57.9 Å². The molecule has 12 nitrogen and oxygen atoms in total. The van der Waals surface area contributed by atoms with Gasteiger partial charge in [-0.15, -0.1) is 0 Å². The van der Waals surface area contributed by atoms with Gasteiger partial charge in [-0.2, -0.15) is 0 Å². The number of aliphatic carboxylic acids is 1. The number of anilines is 3. The molecule has 38 heavy (non-hydrogen) atoms. The van der Waals surface area contributed by atoms with Gasteiger partial charge in [-0.1, -0.05) is 6.07 Å². The Labute approximate surface area is 221 Å². The number of rotatable bonds is 10. The number of nitrogens with one attached hydrogen (secondary N) is 3. The van der Waals surface area contributed by atoms with Crippen molar-refractivity contribution in [2.75, 3.05) is 48.3 Å². The zero-order chi connectivity index (χ0) is 27.1. The van der Waals surface area contributed by atoms with Gasteiger partial charge in [0.1, 0.15) is 42.2 Å². The number of piperidine rings is 1. The molecule has 4 heterocycles. The first-order valence-corrected chi connectivity index (χ1v) is 13.0. The molecule has 1 unspecified atom stereocenters. The summed E-state index contributed by atoms with van der Waals surface area (Å²) in [7, 11) is 0. The van der Waals surface area contributed by atoms with Crippen molar-refractivity contribution >= 4 is 35.8 Å². The average Bonchev–Trinajstić information content (AvgIpc) is 2.92. The Morgan fingerprint density at radius 3 is 2.76 bits per heavy atom. The minimum absolute atomic E-state index is 0.0916. The molecule has 2 aromatic rings. The van der Waals surface area contributed by atoms with Gasteiger partial charge < -0.3 is 35.5 Å².